The van der Waals surface area contributed by atoms with E-state index in [1.54, 1.807) is 0 Å². The van der Waals surface area contributed by atoms with Crippen molar-refractivity contribution < 1.29 is 14.5 Å². The molecule has 0 radical (unpaired) electrons. The van der Waals surface area contributed by atoms with E-state index in [0.717, 1.165) is 16.8 Å². The number of nitro benzene ring substituents is 1. The number of hydrogen-bond donors (Lipinski definition) is 1. The largest absolute Gasteiger partial charge is 0.325 e. The van der Waals surface area contributed by atoms with Crippen LogP contribution in [0.1, 0.15) is 21.5 Å². The highest BCUT2D eigenvalue weighted by Crippen LogP contribution is 2.17. The summed E-state index contributed by atoms with van der Waals surface area (Å²) in [5.74, 6) is -0.220. The zero-order valence-corrected chi connectivity index (χ0v) is 14.8. The van der Waals surface area contributed by atoms with Crippen LogP contribution < -0.4 is 5.32 Å². The highest BCUT2D eigenvalue weighted by molar-refractivity contribution is 8.00. The number of thioether (sulfide) groups is 1. The van der Waals surface area contributed by atoms with Crippen molar-refractivity contribution in [2.24, 2.45) is 0 Å². The van der Waals surface area contributed by atoms with E-state index in [-0.39, 0.29) is 34.4 Å². The number of nitrogens with zero attached hydrogens (tertiary/aromatic N) is 1. The van der Waals surface area contributed by atoms with Crippen LogP contribution in [0, 0.1) is 24.0 Å². The molecular formula is C18H18N2O4S. The van der Waals surface area contributed by atoms with Crippen LogP contribution in [0.25, 0.3) is 0 Å². The maximum Gasteiger partial charge on any atom is 0.270 e. The molecule has 130 valence electrons. The number of aryl methyl sites for hydroxylation is 2. The van der Waals surface area contributed by atoms with E-state index in [9.17, 15) is 19.7 Å². The van der Waals surface area contributed by atoms with Crippen LogP contribution >= 0.6 is 11.8 Å². The maximum atomic E-state index is 12.1. The summed E-state index contributed by atoms with van der Waals surface area (Å²) >= 11 is 1.17. The lowest BCUT2D eigenvalue weighted by Crippen LogP contribution is -2.15. The summed E-state index contributed by atoms with van der Waals surface area (Å²) in [5.41, 5.74) is 3.11. The number of carbonyl (C=O) groups excluding carboxylic acids is 2. The summed E-state index contributed by atoms with van der Waals surface area (Å²) in [7, 11) is 0. The first-order chi connectivity index (χ1) is 11.9. The lowest BCUT2D eigenvalue weighted by Gasteiger charge is -2.07. The predicted octanol–water partition coefficient (Wildman–Crippen LogP) is 3.77. The van der Waals surface area contributed by atoms with Crippen LogP contribution in [-0.4, -0.2) is 28.1 Å². The molecule has 6 nitrogen and oxygen atoms in total. The van der Waals surface area contributed by atoms with Crippen molar-refractivity contribution in [2.75, 3.05) is 16.8 Å². The number of hydrogen-bond acceptors (Lipinski definition) is 5. The minimum Gasteiger partial charge on any atom is -0.325 e. The topological polar surface area (TPSA) is 89.3 Å². The SMILES string of the molecule is Cc1ccc(NC(=O)CSCC(=O)c2cccc([N+](=O)[O-])c2)cc1C. The van der Waals surface area contributed by atoms with Gasteiger partial charge < -0.3 is 5.32 Å². The summed E-state index contributed by atoms with van der Waals surface area (Å²) in [6.45, 7) is 3.97. The Labute approximate surface area is 149 Å². The molecule has 0 unspecified atom stereocenters. The molecule has 7 heteroatoms. The van der Waals surface area contributed by atoms with Crippen LogP contribution in [0.4, 0.5) is 11.4 Å². The van der Waals surface area contributed by atoms with Gasteiger partial charge in [-0.05, 0) is 37.1 Å². The third kappa shape index (κ3) is 5.42. The highest BCUT2D eigenvalue weighted by Gasteiger charge is 2.12. The van der Waals surface area contributed by atoms with Crippen LogP contribution in [0.15, 0.2) is 42.5 Å². The fourth-order valence-corrected chi connectivity index (χ4v) is 2.84. The third-order valence-electron chi connectivity index (χ3n) is 3.64. The van der Waals surface area contributed by atoms with Gasteiger partial charge in [0, 0.05) is 23.4 Å². The number of nitro groups is 1. The van der Waals surface area contributed by atoms with Gasteiger partial charge in [-0.3, -0.25) is 19.7 Å². The zero-order chi connectivity index (χ0) is 18.4. The summed E-state index contributed by atoms with van der Waals surface area (Å²) in [6, 6.07) is 11.3. The minimum atomic E-state index is -0.541. The molecule has 25 heavy (non-hydrogen) atoms. The first-order valence-corrected chi connectivity index (χ1v) is 8.75. The van der Waals surface area contributed by atoms with Crippen molar-refractivity contribution in [1.29, 1.82) is 0 Å². The maximum absolute atomic E-state index is 12.1. The van der Waals surface area contributed by atoms with Crippen LogP contribution in [0.3, 0.4) is 0 Å². The minimum absolute atomic E-state index is 0.0848. The standard InChI is InChI=1S/C18H18N2O4S/c1-12-6-7-15(8-13(12)2)19-18(22)11-25-10-17(21)14-4-3-5-16(9-14)20(23)24/h3-9H,10-11H2,1-2H3,(H,19,22). The van der Waals surface area contributed by atoms with E-state index in [1.807, 2.05) is 32.0 Å². The average Bonchev–Trinajstić information content (AvgIpc) is 2.58. The quantitative estimate of drug-likeness (QED) is 0.462. The predicted molar refractivity (Wildman–Crippen MR) is 99.3 cm³/mol. The molecule has 0 saturated heterocycles. The van der Waals surface area contributed by atoms with Gasteiger partial charge in [0.25, 0.3) is 5.69 Å². The van der Waals surface area contributed by atoms with Gasteiger partial charge >= 0.3 is 0 Å². The molecule has 0 fully saturated rings. The number of non-ortho nitro benzene ring substituents is 1. The number of benzene rings is 2. The second kappa shape index (κ2) is 8.43. The lowest BCUT2D eigenvalue weighted by atomic mass is 10.1. The summed E-state index contributed by atoms with van der Waals surface area (Å²) < 4.78 is 0. The number of ketones is 1. The van der Waals surface area contributed by atoms with E-state index in [1.165, 1.54) is 36.0 Å². The molecule has 2 aromatic carbocycles. The van der Waals surface area contributed by atoms with E-state index < -0.39 is 4.92 Å². The number of amides is 1. The van der Waals surface area contributed by atoms with E-state index in [4.69, 9.17) is 0 Å². The van der Waals surface area contributed by atoms with Crippen molar-refractivity contribution in [3.63, 3.8) is 0 Å². The number of nitrogens with one attached hydrogen (secondary N) is 1. The summed E-state index contributed by atoms with van der Waals surface area (Å²) in [6.07, 6.45) is 0. The van der Waals surface area contributed by atoms with Crippen LogP contribution in [0.2, 0.25) is 0 Å². The molecule has 0 saturated carbocycles. The fraction of sp³-hybridized carbons (Fsp3) is 0.222. The van der Waals surface area contributed by atoms with E-state index in [2.05, 4.69) is 5.32 Å². The number of rotatable bonds is 7. The molecular weight excluding hydrogens is 340 g/mol. The van der Waals surface area contributed by atoms with Gasteiger partial charge in [-0.2, -0.15) is 0 Å². The molecule has 0 atom stereocenters. The Hall–Kier alpha value is -2.67. The smallest absolute Gasteiger partial charge is 0.270 e. The lowest BCUT2D eigenvalue weighted by molar-refractivity contribution is -0.384. The van der Waals surface area contributed by atoms with Gasteiger partial charge in [-0.25, -0.2) is 0 Å². The molecule has 0 bridgehead atoms. The molecule has 0 heterocycles. The van der Waals surface area contributed by atoms with E-state index in [0.29, 0.717) is 0 Å². The van der Waals surface area contributed by atoms with Gasteiger partial charge in [0.15, 0.2) is 5.78 Å². The average molecular weight is 358 g/mol. The Balaban J connectivity index is 1.84. The monoisotopic (exact) mass is 358 g/mol. The van der Waals surface area contributed by atoms with Gasteiger partial charge in [0.2, 0.25) is 5.91 Å². The summed E-state index contributed by atoms with van der Waals surface area (Å²) in [5, 5.41) is 13.5. The second-order valence-corrected chi connectivity index (χ2v) is 6.56. The number of anilines is 1. The van der Waals surface area contributed by atoms with E-state index >= 15 is 0 Å². The van der Waals surface area contributed by atoms with Gasteiger partial charge in [-0.1, -0.05) is 18.2 Å². The van der Waals surface area contributed by atoms with Crippen molar-refractivity contribution in [1.82, 2.24) is 0 Å². The van der Waals surface area contributed by atoms with Gasteiger partial charge in [-0.15, -0.1) is 11.8 Å². The number of Topliss-reactive ketones (excluding diaryl/α,β-unsaturated/α-hetero) is 1. The first-order valence-electron chi connectivity index (χ1n) is 7.59. The van der Waals surface area contributed by atoms with Crippen LogP contribution in [0.5, 0.6) is 0 Å². The molecule has 2 rings (SSSR count). The Bertz CT molecular complexity index is 820. The molecule has 0 aliphatic rings. The molecule has 0 spiro atoms. The molecule has 2 aromatic rings. The zero-order valence-electron chi connectivity index (χ0n) is 13.9. The van der Waals surface area contributed by atoms with Gasteiger partial charge in [0.05, 0.1) is 16.4 Å². The third-order valence-corrected chi connectivity index (χ3v) is 4.57. The fourth-order valence-electron chi connectivity index (χ4n) is 2.13. The first kappa shape index (κ1) is 18.7. The highest BCUT2D eigenvalue weighted by atomic mass is 32.2. The van der Waals surface area contributed by atoms with Crippen molar-refractivity contribution in [3.8, 4) is 0 Å². The Morgan fingerprint density at radius 2 is 1.84 bits per heavy atom. The summed E-state index contributed by atoms with van der Waals surface area (Å²) in [4.78, 5) is 34.2. The Morgan fingerprint density at radius 1 is 1.08 bits per heavy atom. The molecule has 0 aliphatic heterocycles. The van der Waals surface area contributed by atoms with Crippen molar-refractivity contribution in [3.05, 3.63) is 69.3 Å². The molecule has 1 N–H and O–H groups in total. The number of carbonyl (C=O) groups is 2. The second-order valence-electron chi connectivity index (χ2n) is 5.57. The molecule has 1 amide bonds. The normalized spacial score (nSPS) is 10.3. The van der Waals surface area contributed by atoms with Crippen molar-refractivity contribution >= 4 is 34.8 Å². The Morgan fingerprint density at radius 3 is 2.52 bits per heavy atom. The molecule has 0 aromatic heterocycles. The molecule has 0 aliphatic carbocycles. The van der Waals surface area contributed by atoms with Crippen LogP contribution in [-0.2, 0) is 4.79 Å². The Kier molecular flexibility index (Phi) is 6.30. The van der Waals surface area contributed by atoms with Crippen molar-refractivity contribution in [2.45, 2.75) is 13.8 Å². The van der Waals surface area contributed by atoms with Gasteiger partial charge in [0.1, 0.15) is 0 Å².